The van der Waals surface area contributed by atoms with Gasteiger partial charge in [-0.15, -0.1) is 0 Å². The van der Waals surface area contributed by atoms with E-state index in [1.807, 2.05) is 0 Å². The molecule has 0 unspecified atom stereocenters. The Morgan fingerprint density at radius 1 is 1.17 bits per heavy atom. The summed E-state index contributed by atoms with van der Waals surface area (Å²) in [6.07, 6.45) is 0.232. The highest BCUT2D eigenvalue weighted by atomic mass is 16.5. The van der Waals surface area contributed by atoms with Gasteiger partial charge in [-0.25, -0.2) is 4.79 Å². The van der Waals surface area contributed by atoms with E-state index in [1.165, 1.54) is 25.3 Å². The first-order valence-corrected chi connectivity index (χ1v) is 7.13. The third kappa shape index (κ3) is 2.91. The van der Waals surface area contributed by atoms with E-state index in [-0.39, 0.29) is 29.3 Å². The second kappa shape index (κ2) is 6.04. The summed E-state index contributed by atoms with van der Waals surface area (Å²) in [5, 5.41) is 15.2. The first-order valence-electron chi connectivity index (χ1n) is 7.13. The van der Waals surface area contributed by atoms with Crippen LogP contribution in [-0.2, 0) is 16.0 Å². The molecule has 3 rings (SSSR count). The normalized spacial score (nSPS) is 12.3. The molecule has 0 aromatic heterocycles. The number of hydrogen-bond donors (Lipinski definition) is 3. The molecule has 24 heavy (non-hydrogen) atoms. The Morgan fingerprint density at radius 3 is 2.62 bits per heavy atom. The molecule has 7 heteroatoms. The first-order chi connectivity index (χ1) is 11.5. The number of rotatable bonds is 3. The molecule has 0 atom stereocenters. The van der Waals surface area contributed by atoms with Gasteiger partial charge in [0.15, 0.2) is 0 Å². The molecule has 0 saturated carbocycles. The largest absolute Gasteiger partial charge is 0.506 e. The molecule has 122 valence electrons. The number of phenolic OH excluding ortho intramolecular Hbond substituents is 1. The van der Waals surface area contributed by atoms with Crippen LogP contribution in [0.2, 0.25) is 0 Å². The molecule has 1 heterocycles. The number of fused-ring (bicyclic) bond motifs is 1. The number of anilines is 2. The molecule has 3 N–H and O–H groups in total. The molecule has 1 aliphatic heterocycles. The smallest absolute Gasteiger partial charge is 0.337 e. The standard InChI is InChI=1S/C17H14N2O5/c1-24-17(23)10-3-5-13(14(20)7-10)19-16(22)9-2-4-12-11(6-9)8-15(21)18-12/h2-7,20H,8H2,1H3,(H,18,21)(H,19,22). The number of benzene rings is 2. The maximum absolute atomic E-state index is 12.3. The molecule has 1 aliphatic rings. The van der Waals surface area contributed by atoms with Crippen LogP contribution in [0.4, 0.5) is 11.4 Å². The summed E-state index contributed by atoms with van der Waals surface area (Å²) in [5.41, 5.74) is 2.15. The Morgan fingerprint density at radius 2 is 1.92 bits per heavy atom. The molecule has 0 radical (unpaired) electrons. The zero-order valence-corrected chi connectivity index (χ0v) is 12.8. The monoisotopic (exact) mass is 326 g/mol. The maximum atomic E-state index is 12.3. The van der Waals surface area contributed by atoms with Crippen molar-refractivity contribution in [1.29, 1.82) is 0 Å². The van der Waals surface area contributed by atoms with Gasteiger partial charge in [0.2, 0.25) is 5.91 Å². The fourth-order valence-electron chi connectivity index (χ4n) is 2.45. The van der Waals surface area contributed by atoms with Crippen molar-refractivity contribution in [3.8, 4) is 5.75 Å². The highest BCUT2D eigenvalue weighted by Gasteiger charge is 2.19. The number of carbonyl (C=O) groups is 3. The SMILES string of the molecule is COC(=O)c1ccc(NC(=O)c2ccc3c(c2)CC(=O)N3)c(O)c1. The Labute approximate surface area is 137 Å². The summed E-state index contributed by atoms with van der Waals surface area (Å²) < 4.78 is 4.56. The number of hydrogen-bond acceptors (Lipinski definition) is 5. The number of nitrogens with one attached hydrogen (secondary N) is 2. The lowest BCUT2D eigenvalue weighted by Gasteiger charge is -2.09. The number of amides is 2. The summed E-state index contributed by atoms with van der Waals surface area (Å²) in [6.45, 7) is 0. The number of ether oxygens (including phenoxy) is 1. The molecular formula is C17H14N2O5. The average Bonchev–Trinajstić information content (AvgIpc) is 2.94. The minimum atomic E-state index is -0.584. The van der Waals surface area contributed by atoms with Crippen LogP contribution in [0.3, 0.4) is 0 Å². The van der Waals surface area contributed by atoms with Gasteiger partial charge in [0, 0.05) is 11.3 Å². The number of aromatic hydroxyl groups is 1. The summed E-state index contributed by atoms with van der Waals surface area (Å²) >= 11 is 0. The van der Waals surface area contributed by atoms with Crippen LogP contribution in [-0.4, -0.2) is 30.0 Å². The van der Waals surface area contributed by atoms with Crippen molar-refractivity contribution >= 4 is 29.2 Å². The van der Waals surface area contributed by atoms with Gasteiger partial charge in [-0.2, -0.15) is 0 Å². The lowest BCUT2D eigenvalue weighted by Crippen LogP contribution is -2.12. The highest BCUT2D eigenvalue weighted by Crippen LogP contribution is 2.27. The van der Waals surface area contributed by atoms with E-state index in [1.54, 1.807) is 18.2 Å². The minimum absolute atomic E-state index is 0.112. The van der Waals surface area contributed by atoms with E-state index >= 15 is 0 Å². The zero-order chi connectivity index (χ0) is 17.3. The number of phenols is 1. The van der Waals surface area contributed by atoms with Crippen molar-refractivity contribution in [3.05, 3.63) is 53.1 Å². The number of methoxy groups -OCH3 is 1. The Hall–Kier alpha value is -3.35. The lowest BCUT2D eigenvalue weighted by atomic mass is 10.1. The van der Waals surface area contributed by atoms with E-state index in [0.29, 0.717) is 11.3 Å². The van der Waals surface area contributed by atoms with E-state index in [0.717, 1.165) is 5.56 Å². The second-order valence-corrected chi connectivity index (χ2v) is 5.27. The minimum Gasteiger partial charge on any atom is -0.506 e. The maximum Gasteiger partial charge on any atom is 0.337 e. The zero-order valence-electron chi connectivity index (χ0n) is 12.8. The average molecular weight is 326 g/mol. The van der Waals surface area contributed by atoms with Crippen molar-refractivity contribution in [2.45, 2.75) is 6.42 Å². The fourth-order valence-corrected chi connectivity index (χ4v) is 2.45. The molecule has 0 saturated heterocycles. The van der Waals surface area contributed by atoms with Gasteiger partial charge < -0.3 is 20.5 Å². The van der Waals surface area contributed by atoms with Crippen molar-refractivity contribution in [1.82, 2.24) is 0 Å². The van der Waals surface area contributed by atoms with Crippen LogP contribution in [0.1, 0.15) is 26.3 Å². The van der Waals surface area contributed by atoms with E-state index < -0.39 is 11.9 Å². The van der Waals surface area contributed by atoms with Crippen LogP contribution < -0.4 is 10.6 Å². The van der Waals surface area contributed by atoms with Gasteiger partial charge in [-0.3, -0.25) is 9.59 Å². The Balaban J connectivity index is 1.79. The van der Waals surface area contributed by atoms with Gasteiger partial charge in [-0.1, -0.05) is 0 Å². The molecule has 0 aliphatic carbocycles. The van der Waals surface area contributed by atoms with Crippen molar-refractivity contribution in [2.24, 2.45) is 0 Å². The molecule has 0 spiro atoms. The third-order valence-electron chi connectivity index (χ3n) is 3.66. The van der Waals surface area contributed by atoms with Crippen LogP contribution in [0.15, 0.2) is 36.4 Å². The molecule has 2 amide bonds. The van der Waals surface area contributed by atoms with Gasteiger partial charge in [-0.05, 0) is 42.0 Å². The van der Waals surface area contributed by atoms with Crippen molar-refractivity contribution in [3.63, 3.8) is 0 Å². The Bertz CT molecular complexity index is 860. The van der Waals surface area contributed by atoms with Crippen molar-refractivity contribution in [2.75, 3.05) is 17.7 Å². The van der Waals surface area contributed by atoms with Crippen molar-refractivity contribution < 1.29 is 24.2 Å². The molecule has 0 bridgehead atoms. The Kier molecular flexibility index (Phi) is 3.91. The van der Waals surface area contributed by atoms with Crippen LogP contribution in [0.25, 0.3) is 0 Å². The first kappa shape index (κ1) is 15.5. The highest BCUT2D eigenvalue weighted by molar-refractivity contribution is 6.07. The van der Waals surface area contributed by atoms with Gasteiger partial charge in [0.05, 0.1) is 24.8 Å². The predicted molar refractivity (Wildman–Crippen MR) is 86.2 cm³/mol. The molecule has 0 fully saturated rings. The fraction of sp³-hybridized carbons (Fsp3) is 0.118. The summed E-state index contributed by atoms with van der Waals surface area (Å²) in [4.78, 5) is 35.1. The van der Waals surface area contributed by atoms with Crippen LogP contribution >= 0.6 is 0 Å². The third-order valence-corrected chi connectivity index (χ3v) is 3.66. The predicted octanol–water partition coefficient (Wildman–Crippen LogP) is 1.93. The molecule has 2 aromatic rings. The number of carbonyl (C=O) groups excluding carboxylic acids is 3. The quantitative estimate of drug-likeness (QED) is 0.590. The summed E-state index contributed by atoms with van der Waals surface area (Å²) in [6, 6.07) is 8.94. The van der Waals surface area contributed by atoms with Gasteiger partial charge in [0.25, 0.3) is 5.91 Å². The lowest BCUT2D eigenvalue weighted by molar-refractivity contribution is -0.115. The van der Waals surface area contributed by atoms with Gasteiger partial charge >= 0.3 is 5.97 Å². The molecule has 7 nitrogen and oxygen atoms in total. The topological polar surface area (TPSA) is 105 Å². The molecular weight excluding hydrogens is 312 g/mol. The van der Waals surface area contributed by atoms with E-state index in [9.17, 15) is 19.5 Å². The second-order valence-electron chi connectivity index (χ2n) is 5.27. The summed E-state index contributed by atoms with van der Waals surface area (Å²) in [7, 11) is 1.24. The number of esters is 1. The van der Waals surface area contributed by atoms with Crippen LogP contribution in [0.5, 0.6) is 5.75 Å². The van der Waals surface area contributed by atoms with E-state index in [2.05, 4.69) is 15.4 Å². The van der Waals surface area contributed by atoms with Crippen LogP contribution in [0, 0.1) is 0 Å². The summed E-state index contributed by atoms with van der Waals surface area (Å²) in [5.74, 6) is -1.37. The molecule has 2 aromatic carbocycles. The van der Waals surface area contributed by atoms with Gasteiger partial charge in [0.1, 0.15) is 5.75 Å². The van der Waals surface area contributed by atoms with E-state index in [4.69, 9.17) is 0 Å².